The Morgan fingerprint density at radius 3 is 2.32 bits per heavy atom. The zero-order chi connectivity index (χ0) is 18.7. The summed E-state index contributed by atoms with van der Waals surface area (Å²) in [5, 5.41) is 3.00. The number of hydrogen-bond donors (Lipinski definition) is 1. The zero-order valence-corrected chi connectivity index (χ0v) is 14.9. The van der Waals surface area contributed by atoms with Gasteiger partial charge < -0.3 is 10.2 Å². The van der Waals surface area contributed by atoms with Gasteiger partial charge in [-0.3, -0.25) is 9.69 Å². The Kier molecular flexibility index (Phi) is 5.92. The van der Waals surface area contributed by atoms with E-state index in [0.29, 0.717) is 38.5 Å². The molecule has 140 valence electrons. The van der Waals surface area contributed by atoms with Gasteiger partial charge in [-0.15, -0.1) is 0 Å². The molecule has 1 aromatic heterocycles. The number of nitrogens with one attached hydrogen (secondary N) is 1. The normalized spacial score (nSPS) is 16.8. The first kappa shape index (κ1) is 19.5. The summed E-state index contributed by atoms with van der Waals surface area (Å²) in [4.78, 5) is 20.0. The second-order valence-corrected chi connectivity index (χ2v) is 6.95. The Hall–Kier alpha value is -1.83. The van der Waals surface area contributed by atoms with E-state index >= 15 is 0 Å². The number of aromatic nitrogens is 1. The molecule has 1 N–H and O–H groups in total. The van der Waals surface area contributed by atoms with Crippen molar-refractivity contribution in [3.05, 3.63) is 23.9 Å². The molecular formula is C17H25F3N4O. The van der Waals surface area contributed by atoms with Gasteiger partial charge in [0.2, 0.25) is 5.91 Å². The molecule has 25 heavy (non-hydrogen) atoms. The van der Waals surface area contributed by atoms with Gasteiger partial charge in [-0.1, -0.05) is 6.92 Å². The molecule has 5 nitrogen and oxygen atoms in total. The Bertz CT molecular complexity index is 579. The third-order valence-corrected chi connectivity index (χ3v) is 4.50. The number of piperazine rings is 1. The Labute approximate surface area is 146 Å². The molecule has 1 aliphatic rings. The van der Waals surface area contributed by atoms with Crippen LogP contribution < -0.4 is 10.2 Å². The first-order chi connectivity index (χ1) is 11.6. The van der Waals surface area contributed by atoms with Crippen molar-refractivity contribution in [3.63, 3.8) is 0 Å². The number of nitrogens with zero attached hydrogens (tertiary/aromatic N) is 3. The summed E-state index contributed by atoms with van der Waals surface area (Å²) in [7, 11) is 0. The molecule has 0 radical (unpaired) electrons. The van der Waals surface area contributed by atoms with Gasteiger partial charge >= 0.3 is 6.18 Å². The summed E-state index contributed by atoms with van der Waals surface area (Å²) in [6, 6.07) is 2.45. The molecule has 2 rings (SSSR count). The van der Waals surface area contributed by atoms with E-state index in [1.54, 1.807) is 0 Å². The molecule has 0 saturated carbocycles. The number of hydrogen-bond acceptors (Lipinski definition) is 4. The van der Waals surface area contributed by atoms with E-state index in [2.05, 4.69) is 10.3 Å². The summed E-state index contributed by atoms with van der Waals surface area (Å²) in [6.45, 7) is 8.92. The summed E-state index contributed by atoms with van der Waals surface area (Å²) < 4.78 is 37.7. The number of anilines is 1. The van der Waals surface area contributed by atoms with Crippen LogP contribution in [0.25, 0.3) is 0 Å². The van der Waals surface area contributed by atoms with Crippen molar-refractivity contribution in [2.45, 2.75) is 38.9 Å². The minimum atomic E-state index is -4.37. The van der Waals surface area contributed by atoms with E-state index in [1.165, 1.54) is 6.07 Å². The number of alkyl halides is 3. The van der Waals surface area contributed by atoms with Crippen LogP contribution in [0, 0.1) is 0 Å². The quantitative estimate of drug-likeness (QED) is 0.879. The second-order valence-electron chi connectivity index (χ2n) is 6.95. The number of pyridine rings is 1. The SMILES string of the molecule is CCC(C)(C)NC(=O)CN1CCN(c2ccc(C(F)(F)F)cn2)CC1. The maximum absolute atomic E-state index is 12.6. The maximum atomic E-state index is 12.6. The van der Waals surface area contributed by atoms with Crippen molar-refractivity contribution in [1.82, 2.24) is 15.2 Å². The minimum absolute atomic E-state index is 0.00652. The van der Waals surface area contributed by atoms with Crippen LogP contribution in [-0.2, 0) is 11.0 Å². The first-order valence-corrected chi connectivity index (χ1v) is 8.42. The lowest BCUT2D eigenvalue weighted by Crippen LogP contribution is -2.52. The van der Waals surface area contributed by atoms with E-state index in [-0.39, 0.29) is 11.4 Å². The third-order valence-electron chi connectivity index (χ3n) is 4.50. The van der Waals surface area contributed by atoms with Crippen molar-refractivity contribution < 1.29 is 18.0 Å². The summed E-state index contributed by atoms with van der Waals surface area (Å²) >= 11 is 0. The van der Waals surface area contributed by atoms with Crippen LogP contribution in [0.5, 0.6) is 0 Å². The predicted octanol–water partition coefficient (Wildman–Crippen LogP) is 2.53. The lowest BCUT2D eigenvalue weighted by Gasteiger charge is -2.35. The fourth-order valence-electron chi connectivity index (χ4n) is 2.58. The monoisotopic (exact) mass is 358 g/mol. The Balaban J connectivity index is 1.84. The largest absolute Gasteiger partial charge is 0.417 e. The highest BCUT2D eigenvalue weighted by atomic mass is 19.4. The van der Waals surface area contributed by atoms with Crippen molar-refractivity contribution in [2.24, 2.45) is 0 Å². The molecule has 1 fully saturated rings. The van der Waals surface area contributed by atoms with E-state index in [0.717, 1.165) is 18.7 Å². The van der Waals surface area contributed by atoms with Gasteiger partial charge in [0.25, 0.3) is 0 Å². The van der Waals surface area contributed by atoms with Crippen molar-refractivity contribution in [3.8, 4) is 0 Å². The smallest absolute Gasteiger partial charge is 0.354 e. The van der Waals surface area contributed by atoms with Gasteiger partial charge in [0.05, 0.1) is 12.1 Å². The summed E-state index contributed by atoms with van der Waals surface area (Å²) in [5.41, 5.74) is -0.964. The van der Waals surface area contributed by atoms with E-state index in [9.17, 15) is 18.0 Å². The predicted molar refractivity (Wildman–Crippen MR) is 90.4 cm³/mol. The number of amides is 1. The fraction of sp³-hybridized carbons (Fsp3) is 0.647. The molecule has 0 bridgehead atoms. The number of carbonyl (C=O) groups is 1. The highest BCUT2D eigenvalue weighted by molar-refractivity contribution is 5.78. The highest BCUT2D eigenvalue weighted by Crippen LogP contribution is 2.29. The van der Waals surface area contributed by atoms with Crippen LogP contribution in [0.4, 0.5) is 19.0 Å². The Morgan fingerprint density at radius 2 is 1.84 bits per heavy atom. The summed E-state index contributed by atoms with van der Waals surface area (Å²) in [5.74, 6) is 0.525. The molecular weight excluding hydrogens is 333 g/mol. The molecule has 1 aromatic rings. The molecule has 1 aliphatic heterocycles. The van der Waals surface area contributed by atoms with Gasteiger partial charge in [-0.2, -0.15) is 13.2 Å². The van der Waals surface area contributed by atoms with Crippen molar-refractivity contribution in [1.29, 1.82) is 0 Å². The van der Waals surface area contributed by atoms with Gasteiger partial charge in [-0.25, -0.2) is 4.98 Å². The van der Waals surface area contributed by atoms with Crippen molar-refractivity contribution >= 4 is 11.7 Å². The lowest BCUT2D eigenvalue weighted by molar-refractivity contribution is -0.137. The van der Waals surface area contributed by atoms with Crippen LogP contribution in [0.2, 0.25) is 0 Å². The van der Waals surface area contributed by atoms with E-state index < -0.39 is 11.7 Å². The van der Waals surface area contributed by atoms with E-state index in [1.807, 2.05) is 30.6 Å². The van der Waals surface area contributed by atoms with Crippen LogP contribution in [0.15, 0.2) is 18.3 Å². The molecule has 0 unspecified atom stereocenters. The molecule has 1 saturated heterocycles. The number of carbonyl (C=O) groups excluding carboxylic acids is 1. The molecule has 0 atom stereocenters. The van der Waals surface area contributed by atoms with Crippen molar-refractivity contribution in [2.75, 3.05) is 37.6 Å². The average Bonchev–Trinajstić information content (AvgIpc) is 2.54. The topological polar surface area (TPSA) is 48.5 Å². The molecule has 0 aliphatic carbocycles. The minimum Gasteiger partial charge on any atom is -0.354 e. The first-order valence-electron chi connectivity index (χ1n) is 8.42. The maximum Gasteiger partial charge on any atom is 0.417 e. The average molecular weight is 358 g/mol. The lowest BCUT2D eigenvalue weighted by atomic mass is 10.0. The van der Waals surface area contributed by atoms with Crippen LogP contribution in [0.3, 0.4) is 0 Å². The molecule has 0 spiro atoms. The molecule has 1 amide bonds. The Morgan fingerprint density at radius 1 is 1.20 bits per heavy atom. The number of rotatable bonds is 5. The van der Waals surface area contributed by atoms with Crippen LogP contribution in [-0.4, -0.2) is 54.1 Å². The summed E-state index contributed by atoms with van der Waals surface area (Å²) in [6.07, 6.45) is -2.65. The fourth-order valence-corrected chi connectivity index (χ4v) is 2.58. The van der Waals surface area contributed by atoms with E-state index in [4.69, 9.17) is 0 Å². The molecule has 0 aromatic carbocycles. The van der Waals surface area contributed by atoms with Gasteiger partial charge in [-0.05, 0) is 32.4 Å². The van der Waals surface area contributed by atoms with Gasteiger partial charge in [0.15, 0.2) is 0 Å². The van der Waals surface area contributed by atoms with Gasteiger partial charge in [0.1, 0.15) is 5.82 Å². The highest BCUT2D eigenvalue weighted by Gasteiger charge is 2.31. The standard InChI is InChI=1S/C17H25F3N4O/c1-4-16(2,3)22-15(25)12-23-7-9-24(10-8-23)14-6-5-13(11-21-14)17(18,19)20/h5-6,11H,4,7-10,12H2,1-3H3,(H,22,25). The number of halogens is 3. The third kappa shape index (κ3) is 5.59. The zero-order valence-electron chi connectivity index (χ0n) is 14.9. The molecule has 2 heterocycles. The molecule has 8 heteroatoms. The van der Waals surface area contributed by atoms with Crippen LogP contribution >= 0.6 is 0 Å². The van der Waals surface area contributed by atoms with Gasteiger partial charge in [0, 0.05) is 37.9 Å². The van der Waals surface area contributed by atoms with Crippen LogP contribution in [0.1, 0.15) is 32.8 Å². The second kappa shape index (κ2) is 7.59.